The van der Waals surface area contributed by atoms with E-state index in [1.807, 2.05) is 11.4 Å². The van der Waals surface area contributed by atoms with Gasteiger partial charge in [-0.25, -0.2) is 5.43 Å². The third-order valence-electron chi connectivity index (χ3n) is 4.08. The van der Waals surface area contributed by atoms with Crippen LogP contribution in [0.1, 0.15) is 47.8 Å². The first kappa shape index (κ1) is 11.9. The molecule has 2 atom stereocenters. The number of thiophene rings is 1. The first-order chi connectivity index (χ1) is 8.76. The summed E-state index contributed by atoms with van der Waals surface area (Å²) in [6, 6.07) is 1.96. The molecule has 2 fully saturated rings. The van der Waals surface area contributed by atoms with Crippen molar-refractivity contribution in [3.63, 3.8) is 0 Å². The molecule has 1 aromatic heterocycles. The summed E-state index contributed by atoms with van der Waals surface area (Å²) >= 11 is 1.64. The number of hydrazone groups is 1. The number of rotatable bonds is 3. The Balaban J connectivity index is 1.63. The van der Waals surface area contributed by atoms with Crippen LogP contribution in [-0.2, 0) is 6.42 Å². The van der Waals surface area contributed by atoms with Crippen molar-refractivity contribution in [2.24, 2.45) is 16.9 Å². The van der Waals surface area contributed by atoms with E-state index >= 15 is 0 Å². The second-order valence-corrected chi connectivity index (χ2v) is 6.28. The fourth-order valence-corrected chi connectivity index (χ4v) is 3.85. The van der Waals surface area contributed by atoms with Crippen molar-refractivity contribution in [1.82, 2.24) is 5.43 Å². The molecule has 3 rings (SSSR count). The molecule has 0 spiro atoms. The molecule has 0 radical (unpaired) electrons. The van der Waals surface area contributed by atoms with E-state index < -0.39 is 0 Å². The van der Waals surface area contributed by atoms with E-state index in [1.165, 1.54) is 29.9 Å². The molecule has 1 N–H and O–H groups in total. The molecule has 2 aliphatic carbocycles. The highest BCUT2D eigenvalue weighted by atomic mass is 32.1. The van der Waals surface area contributed by atoms with Crippen LogP contribution in [0, 0.1) is 11.8 Å². The van der Waals surface area contributed by atoms with E-state index in [0.717, 1.165) is 24.3 Å². The fourth-order valence-electron chi connectivity index (χ4n) is 3.03. The third-order valence-corrected chi connectivity index (χ3v) is 5.16. The Bertz CT molecular complexity index is 492. The predicted octanol–water partition coefficient (Wildman–Crippen LogP) is 3.22. The van der Waals surface area contributed by atoms with E-state index in [2.05, 4.69) is 17.5 Å². The summed E-state index contributed by atoms with van der Waals surface area (Å²) in [7, 11) is 0. The van der Waals surface area contributed by atoms with Gasteiger partial charge in [0.1, 0.15) is 0 Å². The van der Waals surface area contributed by atoms with E-state index in [4.69, 9.17) is 0 Å². The van der Waals surface area contributed by atoms with Crippen LogP contribution in [0.25, 0.3) is 0 Å². The van der Waals surface area contributed by atoms with Crippen molar-refractivity contribution in [3.8, 4) is 0 Å². The van der Waals surface area contributed by atoms with E-state index in [9.17, 15) is 4.79 Å². The average molecular weight is 262 g/mol. The Kier molecular flexibility index (Phi) is 3.20. The largest absolute Gasteiger partial charge is 0.272 e. The van der Waals surface area contributed by atoms with Gasteiger partial charge in [-0.05, 0) is 50.0 Å². The lowest BCUT2D eigenvalue weighted by atomic mass is 9.99. The van der Waals surface area contributed by atoms with Gasteiger partial charge in [0, 0.05) is 16.0 Å². The minimum Gasteiger partial charge on any atom is -0.267 e. The number of amides is 1. The first-order valence-corrected chi connectivity index (χ1v) is 7.58. The molecule has 0 aliphatic heterocycles. The highest BCUT2D eigenvalue weighted by molar-refractivity contribution is 7.10. The lowest BCUT2D eigenvalue weighted by molar-refractivity contribution is 0.0955. The highest BCUT2D eigenvalue weighted by Crippen LogP contribution is 2.42. The van der Waals surface area contributed by atoms with Crippen molar-refractivity contribution >= 4 is 23.0 Å². The van der Waals surface area contributed by atoms with Gasteiger partial charge in [-0.1, -0.05) is 6.92 Å². The molecular weight excluding hydrogens is 244 g/mol. The molecular formula is C14H18N2OS. The summed E-state index contributed by atoms with van der Waals surface area (Å²) < 4.78 is 0. The number of carbonyl (C=O) groups excluding carboxylic acids is 1. The molecule has 1 aromatic rings. The number of hydrogen-bond donors (Lipinski definition) is 1. The molecule has 2 aliphatic rings. The average Bonchev–Trinajstić information content (AvgIpc) is 3.10. The fraction of sp³-hybridized carbons (Fsp3) is 0.571. The Hall–Kier alpha value is -1.16. The zero-order valence-corrected chi connectivity index (χ0v) is 11.4. The lowest BCUT2D eigenvalue weighted by Gasteiger charge is -2.11. The van der Waals surface area contributed by atoms with Crippen molar-refractivity contribution in [2.75, 3.05) is 0 Å². The van der Waals surface area contributed by atoms with Gasteiger partial charge in [-0.3, -0.25) is 4.79 Å². The second-order valence-electron chi connectivity index (χ2n) is 5.28. The zero-order valence-electron chi connectivity index (χ0n) is 10.6. The SMILES string of the molecule is CCc1cc(C(=O)N/N=C2\C[C@H]3CC[C@@H]2C3)cs1. The number of fused-ring (bicyclic) bond motifs is 2. The van der Waals surface area contributed by atoms with Gasteiger partial charge in [-0.15, -0.1) is 11.3 Å². The van der Waals surface area contributed by atoms with Crippen LogP contribution in [0.2, 0.25) is 0 Å². The lowest BCUT2D eigenvalue weighted by Crippen LogP contribution is -2.21. The van der Waals surface area contributed by atoms with Crippen LogP contribution in [0.3, 0.4) is 0 Å². The summed E-state index contributed by atoms with van der Waals surface area (Å²) in [6.07, 6.45) is 5.97. The molecule has 2 bridgehead atoms. The third kappa shape index (κ3) is 2.21. The van der Waals surface area contributed by atoms with Crippen LogP contribution in [-0.4, -0.2) is 11.6 Å². The number of carbonyl (C=O) groups is 1. The molecule has 96 valence electrons. The van der Waals surface area contributed by atoms with Crippen LogP contribution in [0.15, 0.2) is 16.5 Å². The molecule has 0 saturated heterocycles. The molecule has 4 heteroatoms. The van der Waals surface area contributed by atoms with E-state index in [1.54, 1.807) is 11.3 Å². The molecule has 0 unspecified atom stereocenters. The quantitative estimate of drug-likeness (QED) is 0.835. The number of nitrogens with one attached hydrogen (secondary N) is 1. The van der Waals surface area contributed by atoms with Gasteiger partial charge >= 0.3 is 0 Å². The Morgan fingerprint density at radius 3 is 3.06 bits per heavy atom. The zero-order chi connectivity index (χ0) is 12.5. The Labute approximate surface area is 111 Å². The van der Waals surface area contributed by atoms with Crippen molar-refractivity contribution in [1.29, 1.82) is 0 Å². The van der Waals surface area contributed by atoms with Crippen molar-refractivity contribution in [2.45, 2.75) is 39.0 Å². The maximum atomic E-state index is 11.9. The van der Waals surface area contributed by atoms with Gasteiger partial charge in [0.2, 0.25) is 0 Å². The number of hydrogen-bond acceptors (Lipinski definition) is 3. The second kappa shape index (κ2) is 4.84. The summed E-state index contributed by atoms with van der Waals surface area (Å²) in [5, 5.41) is 6.25. The van der Waals surface area contributed by atoms with Gasteiger partial charge in [0.15, 0.2) is 0 Å². The molecule has 3 nitrogen and oxygen atoms in total. The van der Waals surface area contributed by atoms with E-state index in [-0.39, 0.29) is 5.91 Å². The minimum atomic E-state index is -0.0683. The van der Waals surface area contributed by atoms with Crippen LogP contribution in [0.5, 0.6) is 0 Å². The van der Waals surface area contributed by atoms with Gasteiger partial charge in [0.05, 0.1) is 5.56 Å². The van der Waals surface area contributed by atoms with Crippen molar-refractivity contribution in [3.05, 3.63) is 21.9 Å². The number of aryl methyl sites for hydroxylation is 1. The molecule has 1 heterocycles. The van der Waals surface area contributed by atoms with E-state index in [0.29, 0.717) is 5.92 Å². The van der Waals surface area contributed by atoms with Crippen molar-refractivity contribution < 1.29 is 4.79 Å². The Morgan fingerprint density at radius 2 is 2.44 bits per heavy atom. The summed E-state index contributed by atoms with van der Waals surface area (Å²) in [6.45, 7) is 2.10. The normalized spacial score (nSPS) is 27.9. The van der Waals surface area contributed by atoms with Crippen LogP contribution in [0.4, 0.5) is 0 Å². The number of nitrogens with zero attached hydrogens (tertiary/aromatic N) is 1. The van der Waals surface area contributed by atoms with Gasteiger partial charge < -0.3 is 0 Å². The highest BCUT2D eigenvalue weighted by Gasteiger charge is 2.36. The standard InChI is InChI=1S/C14H18N2OS/c1-2-12-7-11(8-18-12)14(17)16-15-13-6-9-3-4-10(13)5-9/h7-10H,2-6H2,1H3,(H,16,17)/b15-13+/t9-,10+/m0/s1. The maximum Gasteiger partial charge on any atom is 0.272 e. The minimum absolute atomic E-state index is 0.0683. The van der Waals surface area contributed by atoms with Gasteiger partial charge in [-0.2, -0.15) is 5.10 Å². The topological polar surface area (TPSA) is 41.5 Å². The first-order valence-electron chi connectivity index (χ1n) is 6.70. The van der Waals surface area contributed by atoms with Crippen LogP contribution >= 0.6 is 11.3 Å². The predicted molar refractivity (Wildman–Crippen MR) is 74.0 cm³/mol. The summed E-state index contributed by atoms with van der Waals surface area (Å²) in [5.74, 6) is 1.41. The summed E-state index contributed by atoms with van der Waals surface area (Å²) in [4.78, 5) is 13.2. The van der Waals surface area contributed by atoms with Gasteiger partial charge in [0.25, 0.3) is 5.91 Å². The Morgan fingerprint density at radius 1 is 1.56 bits per heavy atom. The maximum absolute atomic E-state index is 11.9. The molecule has 18 heavy (non-hydrogen) atoms. The van der Waals surface area contributed by atoms with Crippen LogP contribution < -0.4 is 5.43 Å². The smallest absolute Gasteiger partial charge is 0.267 e. The molecule has 1 amide bonds. The monoisotopic (exact) mass is 262 g/mol. The molecule has 2 saturated carbocycles. The molecule has 0 aromatic carbocycles. The summed E-state index contributed by atoms with van der Waals surface area (Å²) in [5.41, 5.74) is 4.67.